The Bertz CT molecular complexity index is 3010. The van der Waals surface area contributed by atoms with Gasteiger partial charge in [-0.1, -0.05) is 194 Å². The van der Waals surface area contributed by atoms with Crippen molar-refractivity contribution < 1.29 is 0 Å². The van der Waals surface area contributed by atoms with Gasteiger partial charge in [0.25, 0.3) is 0 Å². The van der Waals surface area contributed by atoms with Gasteiger partial charge in [-0.15, -0.1) is 0 Å². The maximum absolute atomic E-state index is 2.57. The average Bonchev–Trinajstić information content (AvgIpc) is 3.91. The minimum absolute atomic E-state index is 0.122. The van der Waals surface area contributed by atoms with Crippen LogP contribution in [0.1, 0.15) is 67.8 Å². The highest BCUT2D eigenvalue weighted by Gasteiger charge is 2.37. The third kappa shape index (κ3) is 5.00. The molecule has 0 spiro atoms. The Balaban J connectivity index is 1.04. The second-order valence-corrected chi connectivity index (χ2v) is 15.9. The van der Waals surface area contributed by atoms with Crippen LogP contribution < -0.4 is 0 Å². The number of fused-ring (bicyclic) bond motifs is 9. The lowest BCUT2D eigenvalue weighted by Gasteiger charge is -2.19. The summed E-state index contributed by atoms with van der Waals surface area (Å²) in [5, 5.41) is 0. The predicted molar refractivity (Wildman–Crippen MR) is 236 cm³/mol. The van der Waals surface area contributed by atoms with Gasteiger partial charge in [-0.05, 0) is 124 Å². The van der Waals surface area contributed by atoms with E-state index in [0.717, 1.165) is 0 Å². The van der Waals surface area contributed by atoms with Gasteiger partial charge >= 0.3 is 0 Å². The maximum Gasteiger partial charge on any atom is 0.0352 e. The molecule has 3 aliphatic rings. The van der Waals surface area contributed by atoms with E-state index in [1.807, 2.05) is 0 Å². The van der Waals surface area contributed by atoms with E-state index >= 15 is 0 Å². The Hall–Kier alpha value is -7.02. The van der Waals surface area contributed by atoms with Crippen LogP contribution in [0.15, 0.2) is 212 Å². The fraction of sp³-hybridized carbons (Fsp3) is 0.0526. The third-order valence-corrected chi connectivity index (χ3v) is 12.9. The summed E-state index contributed by atoms with van der Waals surface area (Å²) in [6.07, 6.45) is 0. The van der Waals surface area contributed by atoms with Gasteiger partial charge < -0.3 is 0 Å². The first kappa shape index (κ1) is 32.2. The summed E-state index contributed by atoms with van der Waals surface area (Å²) in [7, 11) is 0. The monoisotopic (exact) mass is 722 g/mol. The minimum Gasteiger partial charge on any atom is -0.0622 e. The molecule has 3 aliphatic carbocycles. The first-order valence-corrected chi connectivity index (χ1v) is 20.2. The average molecular weight is 723 g/mol. The van der Waals surface area contributed by atoms with Crippen molar-refractivity contribution in [2.75, 3.05) is 0 Å². The Labute approximate surface area is 334 Å². The van der Waals surface area contributed by atoms with Crippen molar-refractivity contribution in [1.29, 1.82) is 0 Å². The van der Waals surface area contributed by atoms with Gasteiger partial charge in [0.1, 0.15) is 0 Å². The molecule has 3 unspecified atom stereocenters. The molecule has 57 heavy (non-hydrogen) atoms. The molecule has 0 aliphatic heterocycles. The van der Waals surface area contributed by atoms with Gasteiger partial charge in [0, 0.05) is 17.8 Å². The summed E-state index contributed by atoms with van der Waals surface area (Å²) in [4.78, 5) is 0. The van der Waals surface area contributed by atoms with Crippen molar-refractivity contribution >= 4 is 0 Å². The standard InChI is InChI=1S/C57H38/c1-4-15-36(16-5-1)39-21-14-22-42(31-39)57-48-30-28-41(40-27-29-47-49(32-40)43-23-10-12-25-45(43)55(47)37-17-6-2-7-18-37)33-50(48)52-34-51-44-24-11-13-26-46(44)56(53(51)35-54(52)57)38-19-8-3-9-20-38/h1-35,55-57H. The summed E-state index contributed by atoms with van der Waals surface area (Å²) in [5.74, 6) is 0.569. The van der Waals surface area contributed by atoms with Crippen LogP contribution in [0.2, 0.25) is 0 Å². The number of hydrogen-bond acceptors (Lipinski definition) is 0. The smallest absolute Gasteiger partial charge is 0.0352 e. The van der Waals surface area contributed by atoms with Crippen molar-refractivity contribution in [2.45, 2.75) is 17.8 Å². The molecule has 12 rings (SSSR count). The molecule has 0 fully saturated rings. The molecule has 9 aromatic carbocycles. The van der Waals surface area contributed by atoms with Crippen LogP contribution in [0.4, 0.5) is 0 Å². The van der Waals surface area contributed by atoms with Gasteiger partial charge in [0.2, 0.25) is 0 Å². The third-order valence-electron chi connectivity index (χ3n) is 12.9. The van der Waals surface area contributed by atoms with Crippen LogP contribution >= 0.6 is 0 Å². The zero-order chi connectivity index (χ0) is 37.5. The molecule has 0 nitrogen and oxygen atoms in total. The quantitative estimate of drug-likeness (QED) is 0.166. The molecule has 0 heterocycles. The van der Waals surface area contributed by atoms with Crippen molar-refractivity contribution in [2.24, 2.45) is 0 Å². The van der Waals surface area contributed by atoms with E-state index in [0.29, 0.717) is 0 Å². The van der Waals surface area contributed by atoms with E-state index in [1.54, 1.807) is 0 Å². The molecule has 0 amide bonds. The lowest BCUT2D eigenvalue weighted by Crippen LogP contribution is -2.03. The summed E-state index contributed by atoms with van der Waals surface area (Å²) in [6, 6.07) is 79.6. The normalized spacial score (nSPS) is 16.6. The summed E-state index contributed by atoms with van der Waals surface area (Å²) < 4.78 is 0. The van der Waals surface area contributed by atoms with Crippen molar-refractivity contribution in [1.82, 2.24) is 0 Å². The van der Waals surface area contributed by atoms with E-state index in [4.69, 9.17) is 0 Å². The topological polar surface area (TPSA) is 0 Å². The van der Waals surface area contributed by atoms with E-state index in [9.17, 15) is 0 Å². The molecule has 0 saturated heterocycles. The number of hydrogen-bond donors (Lipinski definition) is 0. The molecule has 0 aromatic heterocycles. The highest BCUT2D eigenvalue weighted by Crippen LogP contribution is 2.56. The molecule has 0 heteroatoms. The first-order chi connectivity index (χ1) is 28.3. The SMILES string of the molecule is c1ccc(-c2cccc(C3c4ccc(-c5ccc6c(c5)-c5ccccc5C6c5ccccc5)cc4-c4cc5c(cc43)C(c3ccccc3)c3ccccc3-5)c2)cc1. The predicted octanol–water partition coefficient (Wildman–Crippen LogP) is 14.5. The zero-order valence-corrected chi connectivity index (χ0v) is 31.4. The first-order valence-electron chi connectivity index (χ1n) is 20.2. The largest absolute Gasteiger partial charge is 0.0622 e. The van der Waals surface area contributed by atoms with Crippen LogP contribution in [-0.2, 0) is 0 Å². The number of rotatable bonds is 5. The Morgan fingerprint density at radius 1 is 0.193 bits per heavy atom. The van der Waals surface area contributed by atoms with Crippen LogP contribution in [0.5, 0.6) is 0 Å². The number of benzene rings is 9. The summed E-state index contributed by atoms with van der Waals surface area (Å²) >= 11 is 0. The fourth-order valence-corrected chi connectivity index (χ4v) is 10.4. The van der Waals surface area contributed by atoms with Crippen LogP contribution in [-0.4, -0.2) is 0 Å². The summed E-state index contributed by atoms with van der Waals surface area (Å²) in [6.45, 7) is 0. The van der Waals surface area contributed by atoms with Gasteiger partial charge in [0.15, 0.2) is 0 Å². The molecule has 9 aromatic rings. The zero-order valence-electron chi connectivity index (χ0n) is 31.4. The molecule has 0 bridgehead atoms. The van der Waals surface area contributed by atoms with Gasteiger partial charge in [-0.25, -0.2) is 0 Å². The molecular weight excluding hydrogens is 685 g/mol. The Morgan fingerprint density at radius 3 is 1.18 bits per heavy atom. The molecule has 0 N–H and O–H groups in total. The van der Waals surface area contributed by atoms with Crippen LogP contribution in [0.25, 0.3) is 55.6 Å². The van der Waals surface area contributed by atoms with Crippen molar-refractivity contribution in [3.05, 3.63) is 262 Å². The minimum atomic E-state index is 0.122. The van der Waals surface area contributed by atoms with E-state index in [1.165, 1.54) is 106 Å². The van der Waals surface area contributed by atoms with Gasteiger partial charge in [-0.2, -0.15) is 0 Å². The van der Waals surface area contributed by atoms with Gasteiger partial charge in [0.05, 0.1) is 0 Å². The molecule has 3 atom stereocenters. The van der Waals surface area contributed by atoms with Crippen molar-refractivity contribution in [3.8, 4) is 55.6 Å². The maximum atomic E-state index is 2.57. The highest BCUT2D eigenvalue weighted by atomic mass is 14.4. The summed E-state index contributed by atoms with van der Waals surface area (Å²) in [5.41, 5.74) is 25.5. The van der Waals surface area contributed by atoms with Gasteiger partial charge in [-0.3, -0.25) is 0 Å². The lowest BCUT2D eigenvalue weighted by atomic mass is 9.84. The second-order valence-electron chi connectivity index (χ2n) is 15.9. The van der Waals surface area contributed by atoms with Crippen molar-refractivity contribution in [3.63, 3.8) is 0 Å². The Kier molecular flexibility index (Phi) is 7.22. The molecule has 266 valence electrons. The molecule has 0 saturated carbocycles. The molecular formula is C57H38. The Morgan fingerprint density at radius 2 is 0.579 bits per heavy atom. The van der Waals surface area contributed by atoms with Crippen LogP contribution in [0.3, 0.4) is 0 Å². The van der Waals surface area contributed by atoms with E-state index in [-0.39, 0.29) is 17.8 Å². The van der Waals surface area contributed by atoms with Crippen LogP contribution in [0, 0.1) is 0 Å². The molecule has 0 radical (unpaired) electrons. The van der Waals surface area contributed by atoms with E-state index < -0.39 is 0 Å². The van der Waals surface area contributed by atoms with E-state index in [2.05, 4.69) is 212 Å². The highest BCUT2D eigenvalue weighted by molar-refractivity contribution is 5.92. The lowest BCUT2D eigenvalue weighted by molar-refractivity contribution is 0.982. The second kappa shape index (κ2) is 12.8. The fourth-order valence-electron chi connectivity index (χ4n) is 10.4.